The van der Waals surface area contributed by atoms with Crippen molar-refractivity contribution in [3.8, 4) is 0 Å². The normalized spacial score (nSPS) is 15.8. The average molecular weight is 293 g/mol. The molecule has 0 spiro atoms. The van der Waals surface area contributed by atoms with Crippen LogP contribution < -0.4 is 16.0 Å². The van der Waals surface area contributed by atoms with Crippen LogP contribution in [-0.4, -0.2) is 28.8 Å². The van der Waals surface area contributed by atoms with Gasteiger partial charge in [0.1, 0.15) is 11.5 Å². The van der Waals surface area contributed by atoms with Crippen molar-refractivity contribution in [2.24, 2.45) is 0 Å². The van der Waals surface area contributed by atoms with E-state index in [-0.39, 0.29) is 17.0 Å². The number of carbonyl (C=O) groups is 1. The van der Waals surface area contributed by atoms with Crippen LogP contribution in [0.15, 0.2) is 24.2 Å². The summed E-state index contributed by atoms with van der Waals surface area (Å²) < 4.78 is 0. The van der Waals surface area contributed by atoms with Crippen LogP contribution in [0.3, 0.4) is 0 Å². The second kappa shape index (κ2) is 5.70. The van der Waals surface area contributed by atoms with Crippen LogP contribution >= 0.6 is 11.6 Å². The maximum Gasteiger partial charge on any atom is 0.259 e. The highest BCUT2D eigenvalue weighted by Crippen LogP contribution is 2.31. The van der Waals surface area contributed by atoms with Gasteiger partial charge in [-0.05, 0) is 30.8 Å². The highest BCUT2D eigenvalue weighted by molar-refractivity contribution is 6.33. The Bertz CT molecular complexity index is 637. The Labute approximate surface area is 120 Å². The maximum absolute atomic E-state index is 12.0. The molecule has 0 saturated carbocycles. The lowest BCUT2D eigenvalue weighted by Crippen LogP contribution is -2.21. The van der Waals surface area contributed by atoms with Gasteiger partial charge in [0.05, 0.1) is 17.5 Å². The van der Waals surface area contributed by atoms with Gasteiger partial charge in [0, 0.05) is 12.7 Å². The van der Waals surface area contributed by atoms with Gasteiger partial charge in [0.25, 0.3) is 5.91 Å². The molecular formula is C12H13ClN6O. The van der Waals surface area contributed by atoms with E-state index in [2.05, 4.69) is 25.9 Å². The molecule has 0 aromatic carbocycles. The minimum atomic E-state index is -0.299. The van der Waals surface area contributed by atoms with Crippen LogP contribution in [0.2, 0.25) is 5.28 Å². The summed E-state index contributed by atoms with van der Waals surface area (Å²) in [5.74, 6) is -0.155. The third kappa shape index (κ3) is 2.77. The van der Waals surface area contributed by atoms with E-state index in [0.717, 1.165) is 0 Å². The highest BCUT2D eigenvalue weighted by atomic mass is 35.5. The first-order valence-electron chi connectivity index (χ1n) is 5.77. The summed E-state index contributed by atoms with van der Waals surface area (Å²) in [6, 6.07) is 0. The summed E-state index contributed by atoms with van der Waals surface area (Å²) in [4.78, 5) is 19.8. The summed E-state index contributed by atoms with van der Waals surface area (Å²) in [6.07, 6.45) is 4.59. The summed E-state index contributed by atoms with van der Waals surface area (Å²) in [7, 11) is 1.73. The average Bonchev–Trinajstić information content (AvgIpc) is 2.71. The molecule has 0 fully saturated rings. The first-order chi connectivity index (χ1) is 9.52. The molecule has 1 aromatic heterocycles. The van der Waals surface area contributed by atoms with Crippen molar-refractivity contribution in [2.45, 2.75) is 6.92 Å². The molecule has 0 radical (unpaired) electrons. The Hall–Kier alpha value is -2.41. The number of amides is 1. The van der Waals surface area contributed by atoms with Crippen LogP contribution in [0.5, 0.6) is 0 Å². The highest BCUT2D eigenvalue weighted by Gasteiger charge is 2.28. The molecule has 0 atom stereocenters. The van der Waals surface area contributed by atoms with E-state index in [1.165, 1.54) is 12.3 Å². The maximum atomic E-state index is 12.0. The number of rotatable bonds is 3. The Morgan fingerprint density at radius 1 is 1.55 bits per heavy atom. The molecule has 8 heteroatoms. The quantitative estimate of drug-likeness (QED) is 0.289. The lowest BCUT2D eigenvalue weighted by molar-refractivity contribution is -0.110. The molecule has 0 bridgehead atoms. The van der Waals surface area contributed by atoms with Crippen molar-refractivity contribution in [3.63, 3.8) is 0 Å². The number of halogens is 1. The zero-order valence-electron chi connectivity index (χ0n) is 10.9. The fraction of sp³-hybridized carbons (Fsp3) is 0.167. The number of anilines is 1. The van der Waals surface area contributed by atoms with Gasteiger partial charge in [-0.3, -0.25) is 10.2 Å². The Kier molecular flexibility index (Phi) is 3.99. The molecule has 0 aliphatic carbocycles. The SMILES string of the molecule is CN/C=C\C(=N)N/C(C)=C1\C(=O)Nc2cnc(Cl)nc21. The second-order valence-electron chi connectivity index (χ2n) is 4.02. The van der Waals surface area contributed by atoms with E-state index < -0.39 is 0 Å². The second-order valence-corrected chi connectivity index (χ2v) is 4.35. The number of nitrogens with zero attached hydrogens (tertiary/aromatic N) is 2. The molecular weight excluding hydrogens is 280 g/mol. The predicted molar refractivity (Wildman–Crippen MR) is 77.3 cm³/mol. The third-order valence-corrected chi connectivity index (χ3v) is 2.77. The summed E-state index contributed by atoms with van der Waals surface area (Å²) in [6.45, 7) is 1.70. The van der Waals surface area contributed by atoms with Crippen molar-refractivity contribution in [1.82, 2.24) is 20.6 Å². The van der Waals surface area contributed by atoms with Gasteiger partial charge in [-0.25, -0.2) is 9.97 Å². The number of carbonyl (C=O) groups excluding carboxylic acids is 1. The molecule has 1 aromatic rings. The first kappa shape index (κ1) is 14.0. The number of hydrogen-bond acceptors (Lipinski definition) is 5. The molecule has 1 aliphatic heterocycles. The monoisotopic (exact) mass is 292 g/mol. The van der Waals surface area contributed by atoms with Crippen LogP contribution in [-0.2, 0) is 4.79 Å². The Balaban J connectivity index is 2.34. The Morgan fingerprint density at radius 3 is 3.00 bits per heavy atom. The number of fused-ring (bicyclic) bond motifs is 1. The topological polar surface area (TPSA) is 103 Å². The molecule has 0 saturated heterocycles. The summed E-state index contributed by atoms with van der Waals surface area (Å²) in [5.41, 5.74) is 1.81. The number of aromatic nitrogens is 2. The summed E-state index contributed by atoms with van der Waals surface area (Å²) in [5, 5.41) is 16.0. The van der Waals surface area contributed by atoms with Crippen molar-refractivity contribution in [1.29, 1.82) is 5.41 Å². The van der Waals surface area contributed by atoms with Gasteiger partial charge in [0.15, 0.2) is 0 Å². The zero-order valence-corrected chi connectivity index (χ0v) is 11.7. The smallest absolute Gasteiger partial charge is 0.259 e. The van der Waals surface area contributed by atoms with Crippen LogP contribution in [0.25, 0.3) is 5.57 Å². The van der Waals surface area contributed by atoms with Crippen molar-refractivity contribution in [3.05, 3.63) is 35.1 Å². The van der Waals surface area contributed by atoms with Crippen LogP contribution in [0, 0.1) is 5.41 Å². The molecule has 104 valence electrons. The fourth-order valence-electron chi connectivity index (χ4n) is 1.76. The number of amidine groups is 1. The van der Waals surface area contributed by atoms with Gasteiger partial charge in [-0.1, -0.05) is 0 Å². The van der Waals surface area contributed by atoms with E-state index in [1.54, 1.807) is 20.2 Å². The standard InChI is InChI=1S/C12H13ClN6O/c1-6(17-8(14)3-4-15-2)9-10-7(18-11(9)20)5-16-12(13)19-10/h3-5,15H,1-2H3,(H2,14,17)(H,18,20)/b4-3-,9-6-. The lowest BCUT2D eigenvalue weighted by atomic mass is 10.1. The number of nitrogens with one attached hydrogen (secondary N) is 4. The molecule has 4 N–H and O–H groups in total. The first-order valence-corrected chi connectivity index (χ1v) is 6.15. The van der Waals surface area contributed by atoms with E-state index >= 15 is 0 Å². The molecule has 1 amide bonds. The van der Waals surface area contributed by atoms with E-state index in [9.17, 15) is 4.79 Å². The summed E-state index contributed by atoms with van der Waals surface area (Å²) >= 11 is 5.75. The van der Waals surface area contributed by atoms with Crippen LogP contribution in [0.1, 0.15) is 12.6 Å². The third-order valence-electron chi connectivity index (χ3n) is 2.59. The number of allylic oxidation sites excluding steroid dienone is 1. The van der Waals surface area contributed by atoms with Crippen molar-refractivity contribution in [2.75, 3.05) is 12.4 Å². The zero-order chi connectivity index (χ0) is 14.7. The number of hydrogen-bond donors (Lipinski definition) is 4. The fourth-order valence-corrected chi connectivity index (χ4v) is 1.89. The van der Waals surface area contributed by atoms with Gasteiger partial charge in [-0.2, -0.15) is 0 Å². The van der Waals surface area contributed by atoms with Gasteiger partial charge in [-0.15, -0.1) is 0 Å². The van der Waals surface area contributed by atoms with Crippen molar-refractivity contribution < 1.29 is 4.79 Å². The van der Waals surface area contributed by atoms with Crippen molar-refractivity contribution >= 4 is 34.6 Å². The molecule has 0 unspecified atom stereocenters. The van der Waals surface area contributed by atoms with E-state index in [4.69, 9.17) is 17.0 Å². The van der Waals surface area contributed by atoms with Crippen LogP contribution in [0.4, 0.5) is 5.69 Å². The molecule has 2 rings (SSSR count). The minimum Gasteiger partial charge on any atom is -0.394 e. The molecule has 1 aliphatic rings. The Morgan fingerprint density at radius 2 is 2.30 bits per heavy atom. The molecule has 2 heterocycles. The van der Waals surface area contributed by atoms with Gasteiger partial charge in [0.2, 0.25) is 5.28 Å². The largest absolute Gasteiger partial charge is 0.394 e. The van der Waals surface area contributed by atoms with E-state index in [1.807, 2.05) is 0 Å². The molecule has 7 nitrogen and oxygen atoms in total. The minimum absolute atomic E-state index is 0.0655. The predicted octanol–water partition coefficient (Wildman–Crippen LogP) is 1.11. The van der Waals surface area contributed by atoms with Gasteiger partial charge < -0.3 is 16.0 Å². The lowest BCUT2D eigenvalue weighted by Gasteiger charge is -2.07. The molecule has 20 heavy (non-hydrogen) atoms. The van der Waals surface area contributed by atoms with E-state index in [0.29, 0.717) is 22.7 Å². The van der Waals surface area contributed by atoms with Gasteiger partial charge >= 0.3 is 0 Å².